The highest BCUT2D eigenvalue weighted by atomic mass is 16.7. The molecule has 12 nitrogen and oxygen atoms in total. The van der Waals surface area contributed by atoms with Crippen molar-refractivity contribution in [3.63, 3.8) is 0 Å². The lowest BCUT2D eigenvalue weighted by molar-refractivity contribution is -0.271. The van der Waals surface area contributed by atoms with Crippen LogP contribution < -0.4 is 20.9 Å². The van der Waals surface area contributed by atoms with Crippen molar-refractivity contribution in [2.24, 2.45) is 28.4 Å². The summed E-state index contributed by atoms with van der Waals surface area (Å²) in [5, 5.41) is 4.01. The van der Waals surface area contributed by atoms with Crippen LogP contribution in [0.15, 0.2) is 53.6 Å². The molecule has 2 aromatic rings. The molecular formula is C30H43N5O7. The molecule has 9 atom stereocenters. The lowest BCUT2D eigenvalue weighted by atomic mass is 9.82. The fourth-order valence-electron chi connectivity index (χ4n) is 5.24. The summed E-state index contributed by atoms with van der Waals surface area (Å²) < 4.78 is 41.1. The second kappa shape index (κ2) is 15.5. The number of nitrogens with two attached hydrogens (primary N) is 2. The maximum Gasteiger partial charge on any atom is 0.173 e. The Morgan fingerprint density at radius 3 is 1.93 bits per heavy atom. The van der Waals surface area contributed by atoms with Crippen molar-refractivity contribution < 1.29 is 33.2 Å². The van der Waals surface area contributed by atoms with Crippen LogP contribution in [-0.4, -0.2) is 76.8 Å². The minimum absolute atomic E-state index is 0.0796. The number of ether oxygens (including phenoxy) is 7. The Kier molecular flexibility index (Phi) is 11.8. The van der Waals surface area contributed by atoms with Crippen LogP contribution in [0.3, 0.4) is 0 Å². The Morgan fingerprint density at radius 2 is 1.40 bits per heavy atom. The standard InChI is InChI=1S/C30H43N5O7/c1-18-19(2)27(32)30(41-25(18)16-38-13-20-5-9-22(36-3)10-6-20)42-29-24(31)15-40-26(28(29)34-35-33)17-39-14-21-7-11-23(37-4)12-8-21/h5-12,18-19,24-30H,13-17,31-32H2,1-4H3/t18-,19-,24?,25?,26?,27?,28-,29+,30-/m0/s1. The molecule has 2 aliphatic rings. The average molecular weight is 586 g/mol. The molecule has 4 N–H and O–H groups in total. The Bertz CT molecular complexity index is 1150. The smallest absolute Gasteiger partial charge is 0.173 e. The Labute approximate surface area is 247 Å². The fourth-order valence-corrected chi connectivity index (χ4v) is 5.24. The van der Waals surface area contributed by atoms with Crippen molar-refractivity contribution in [3.8, 4) is 11.5 Å². The lowest BCUT2D eigenvalue weighted by Crippen LogP contribution is -2.62. The molecule has 0 radical (unpaired) electrons. The van der Waals surface area contributed by atoms with Crippen LogP contribution in [0.1, 0.15) is 25.0 Å². The van der Waals surface area contributed by atoms with Gasteiger partial charge in [-0.05, 0) is 52.8 Å². The number of nitrogens with zero attached hydrogens (tertiary/aromatic N) is 3. The predicted octanol–water partition coefficient (Wildman–Crippen LogP) is 3.55. The average Bonchev–Trinajstić information content (AvgIpc) is 3.01. The van der Waals surface area contributed by atoms with Crippen molar-refractivity contribution in [2.45, 2.75) is 69.8 Å². The van der Waals surface area contributed by atoms with Crippen LogP contribution in [-0.2, 0) is 36.9 Å². The highest BCUT2D eigenvalue weighted by Gasteiger charge is 2.46. The lowest BCUT2D eigenvalue weighted by Gasteiger charge is -2.46. The van der Waals surface area contributed by atoms with E-state index in [1.807, 2.05) is 48.5 Å². The topological polar surface area (TPSA) is 165 Å². The van der Waals surface area contributed by atoms with Crippen LogP contribution in [0, 0.1) is 11.8 Å². The van der Waals surface area contributed by atoms with Gasteiger partial charge in [-0.3, -0.25) is 0 Å². The van der Waals surface area contributed by atoms with Crippen molar-refractivity contribution in [3.05, 3.63) is 70.1 Å². The third-order valence-electron chi connectivity index (χ3n) is 8.18. The van der Waals surface area contributed by atoms with Gasteiger partial charge in [-0.25, -0.2) is 0 Å². The van der Waals surface area contributed by atoms with Gasteiger partial charge >= 0.3 is 0 Å². The normalized spacial score (nSPS) is 31.2. The molecule has 0 saturated carbocycles. The zero-order chi connectivity index (χ0) is 30.1. The molecular weight excluding hydrogens is 542 g/mol. The van der Waals surface area contributed by atoms with Gasteiger partial charge in [0.05, 0.1) is 83.7 Å². The Hall–Kier alpha value is -2.93. The zero-order valence-corrected chi connectivity index (χ0v) is 24.7. The molecule has 230 valence electrons. The third kappa shape index (κ3) is 8.12. The van der Waals surface area contributed by atoms with E-state index in [2.05, 4.69) is 23.9 Å². The molecule has 0 bridgehead atoms. The molecule has 0 amide bonds. The van der Waals surface area contributed by atoms with Crippen LogP contribution in [0.5, 0.6) is 11.5 Å². The van der Waals surface area contributed by atoms with Gasteiger partial charge < -0.3 is 44.6 Å². The van der Waals surface area contributed by atoms with Gasteiger partial charge in [0.25, 0.3) is 0 Å². The first-order chi connectivity index (χ1) is 20.3. The number of methoxy groups -OCH3 is 2. The van der Waals surface area contributed by atoms with Gasteiger partial charge in [0, 0.05) is 4.91 Å². The number of hydrogen-bond acceptors (Lipinski definition) is 10. The quantitative estimate of drug-likeness (QED) is 0.203. The molecule has 2 aromatic carbocycles. The summed E-state index contributed by atoms with van der Waals surface area (Å²) in [6.45, 7) is 5.73. The van der Waals surface area contributed by atoms with E-state index in [0.29, 0.717) is 19.8 Å². The molecule has 2 fully saturated rings. The summed E-state index contributed by atoms with van der Waals surface area (Å²) in [7, 11) is 3.26. The summed E-state index contributed by atoms with van der Waals surface area (Å²) >= 11 is 0. The summed E-state index contributed by atoms with van der Waals surface area (Å²) in [4.78, 5) is 3.05. The van der Waals surface area contributed by atoms with Gasteiger partial charge in [0.15, 0.2) is 6.29 Å². The van der Waals surface area contributed by atoms with Gasteiger partial charge in [-0.1, -0.05) is 43.2 Å². The van der Waals surface area contributed by atoms with Crippen molar-refractivity contribution >= 4 is 0 Å². The van der Waals surface area contributed by atoms with Crippen molar-refractivity contribution in [1.82, 2.24) is 0 Å². The number of hydrogen-bond donors (Lipinski definition) is 2. The highest BCUT2D eigenvalue weighted by Crippen LogP contribution is 2.33. The molecule has 2 saturated heterocycles. The molecule has 2 heterocycles. The first-order valence-corrected chi connectivity index (χ1v) is 14.2. The number of azide groups is 1. The Morgan fingerprint density at radius 1 is 0.857 bits per heavy atom. The summed E-state index contributed by atoms with van der Waals surface area (Å²) in [5.41, 5.74) is 24.4. The van der Waals surface area contributed by atoms with Gasteiger partial charge in [-0.2, -0.15) is 0 Å². The maximum atomic E-state index is 9.36. The van der Waals surface area contributed by atoms with E-state index in [0.717, 1.165) is 22.6 Å². The van der Waals surface area contributed by atoms with E-state index in [1.165, 1.54) is 0 Å². The van der Waals surface area contributed by atoms with Crippen LogP contribution >= 0.6 is 0 Å². The van der Waals surface area contributed by atoms with E-state index in [9.17, 15) is 5.53 Å². The van der Waals surface area contributed by atoms with E-state index < -0.39 is 36.6 Å². The number of rotatable bonds is 13. The molecule has 0 aromatic heterocycles. The number of benzene rings is 2. The van der Waals surface area contributed by atoms with Gasteiger partial charge in [0.1, 0.15) is 11.5 Å². The van der Waals surface area contributed by atoms with Crippen molar-refractivity contribution in [1.29, 1.82) is 0 Å². The Balaban J connectivity index is 1.36. The minimum Gasteiger partial charge on any atom is -0.497 e. The van der Waals surface area contributed by atoms with Gasteiger partial charge in [-0.15, -0.1) is 0 Å². The second-order valence-corrected chi connectivity index (χ2v) is 10.9. The van der Waals surface area contributed by atoms with Crippen LogP contribution in [0.2, 0.25) is 0 Å². The van der Waals surface area contributed by atoms with E-state index in [1.54, 1.807) is 14.2 Å². The predicted molar refractivity (Wildman–Crippen MR) is 156 cm³/mol. The SMILES string of the molecule is COc1ccc(COCC2O[C@@H](O[C@@H]3C(N)COC(COCc4ccc(OC)cc4)[C@@H]3N=[N+]=[N-])C(N)[C@@H](C)[C@@H]2C)cc1. The molecule has 2 aliphatic heterocycles. The second-order valence-electron chi connectivity index (χ2n) is 10.9. The minimum atomic E-state index is -0.766. The third-order valence-corrected chi connectivity index (χ3v) is 8.18. The van der Waals surface area contributed by atoms with Gasteiger partial charge in [0.2, 0.25) is 0 Å². The summed E-state index contributed by atoms with van der Waals surface area (Å²) in [5.74, 6) is 1.77. The van der Waals surface area contributed by atoms with E-state index in [4.69, 9.17) is 44.6 Å². The highest BCUT2D eigenvalue weighted by molar-refractivity contribution is 5.27. The molecule has 12 heteroatoms. The molecule has 4 unspecified atom stereocenters. The largest absolute Gasteiger partial charge is 0.497 e. The molecule has 42 heavy (non-hydrogen) atoms. The fraction of sp³-hybridized carbons (Fsp3) is 0.600. The van der Waals surface area contributed by atoms with E-state index >= 15 is 0 Å². The first-order valence-electron chi connectivity index (χ1n) is 14.2. The summed E-state index contributed by atoms with van der Waals surface area (Å²) in [6.07, 6.45) is -2.25. The van der Waals surface area contributed by atoms with Crippen molar-refractivity contribution in [2.75, 3.05) is 34.0 Å². The monoisotopic (exact) mass is 585 g/mol. The summed E-state index contributed by atoms with van der Waals surface area (Å²) in [6, 6.07) is 13.6. The van der Waals surface area contributed by atoms with E-state index in [-0.39, 0.29) is 31.2 Å². The molecule has 0 spiro atoms. The zero-order valence-electron chi connectivity index (χ0n) is 24.7. The molecule has 0 aliphatic carbocycles. The maximum absolute atomic E-state index is 9.36. The van der Waals surface area contributed by atoms with Crippen LogP contribution in [0.25, 0.3) is 10.4 Å². The molecule has 4 rings (SSSR count). The first kappa shape index (κ1) is 32.0. The van der Waals surface area contributed by atoms with Crippen LogP contribution in [0.4, 0.5) is 0 Å².